The second-order valence-corrected chi connectivity index (χ2v) is 3.17. The van der Waals surface area contributed by atoms with Gasteiger partial charge in [0.15, 0.2) is 0 Å². The van der Waals surface area contributed by atoms with Gasteiger partial charge in [-0.25, -0.2) is 9.97 Å². The molecule has 1 N–H and O–H groups in total. The standard InChI is InChI=1S/C9H14N4O/c1-14-9-11-6-8(7-12-9)13-4-2-10-3-5-13/h6-7,10H,2-5H2,1H3. The lowest BCUT2D eigenvalue weighted by Gasteiger charge is -2.28. The predicted octanol–water partition coefficient (Wildman–Crippen LogP) is -0.105. The van der Waals surface area contributed by atoms with E-state index in [1.807, 2.05) is 0 Å². The van der Waals surface area contributed by atoms with E-state index in [2.05, 4.69) is 20.2 Å². The summed E-state index contributed by atoms with van der Waals surface area (Å²) >= 11 is 0. The summed E-state index contributed by atoms with van der Waals surface area (Å²) in [5, 5.41) is 3.30. The second kappa shape index (κ2) is 4.23. The van der Waals surface area contributed by atoms with Crippen molar-refractivity contribution >= 4 is 5.69 Å². The molecular weight excluding hydrogens is 180 g/mol. The summed E-state index contributed by atoms with van der Waals surface area (Å²) in [7, 11) is 1.57. The SMILES string of the molecule is COc1ncc(N2CCNCC2)cn1. The Bertz CT molecular complexity index is 281. The Morgan fingerprint density at radius 1 is 1.29 bits per heavy atom. The quantitative estimate of drug-likeness (QED) is 0.712. The summed E-state index contributed by atoms with van der Waals surface area (Å²) in [4.78, 5) is 10.4. The van der Waals surface area contributed by atoms with Gasteiger partial charge in [-0.15, -0.1) is 0 Å². The molecule has 2 rings (SSSR count). The molecule has 0 atom stereocenters. The molecule has 1 aromatic heterocycles. The van der Waals surface area contributed by atoms with Crippen molar-refractivity contribution in [3.63, 3.8) is 0 Å². The predicted molar refractivity (Wildman–Crippen MR) is 53.7 cm³/mol. The van der Waals surface area contributed by atoms with Crippen LogP contribution in [-0.2, 0) is 0 Å². The van der Waals surface area contributed by atoms with Gasteiger partial charge >= 0.3 is 6.01 Å². The lowest BCUT2D eigenvalue weighted by molar-refractivity contribution is 0.379. The van der Waals surface area contributed by atoms with Crippen molar-refractivity contribution in [1.29, 1.82) is 0 Å². The van der Waals surface area contributed by atoms with Crippen LogP contribution in [0, 0.1) is 0 Å². The van der Waals surface area contributed by atoms with Crippen LogP contribution in [0.25, 0.3) is 0 Å². The minimum absolute atomic E-state index is 0.420. The van der Waals surface area contributed by atoms with Crippen LogP contribution in [0.4, 0.5) is 5.69 Å². The van der Waals surface area contributed by atoms with Gasteiger partial charge in [-0.1, -0.05) is 0 Å². The van der Waals surface area contributed by atoms with Gasteiger partial charge in [0, 0.05) is 26.2 Å². The summed E-state index contributed by atoms with van der Waals surface area (Å²) in [6.45, 7) is 4.06. The van der Waals surface area contributed by atoms with Crippen LogP contribution in [0.3, 0.4) is 0 Å². The van der Waals surface area contributed by atoms with E-state index >= 15 is 0 Å². The van der Waals surface area contributed by atoms with Crippen molar-refractivity contribution in [2.75, 3.05) is 38.2 Å². The number of hydrogen-bond acceptors (Lipinski definition) is 5. The number of nitrogens with one attached hydrogen (secondary N) is 1. The van der Waals surface area contributed by atoms with Gasteiger partial charge in [0.1, 0.15) is 0 Å². The number of aromatic nitrogens is 2. The summed E-state index contributed by atoms with van der Waals surface area (Å²) < 4.78 is 4.90. The Morgan fingerprint density at radius 3 is 2.50 bits per heavy atom. The highest BCUT2D eigenvalue weighted by Gasteiger charge is 2.10. The summed E-state index contributed by atoms with van der Waals surface area (Å²) in [5.74, 6) is 0. The third-order valence-electron chi connectivity index (χ3n) is 2.28. The maximum Gasteiger partial charge on any atom is 0.316 e. The Labute approximate surface area is 83.1 Å². The molecule has 1 aliphatic heterocycles. The number of nitrogens with zero attached hydrogens (tertiary/aromatic N) is 3. The average molecular weight is 194 g/mol. The van der Waals surface area contributed by atoms with Crippen LogP contribution in [-0.4, -0.2) is 43.3 Å². The van der Waals surface area contributed by atoms with Gasteiger partial charge in [-0.2, -0.15) is 0 Å². The largest absolute Gasteiger partial charge is 0.467 e. The smallest absolute Gasteiger partial charge is 0.316 e. The molecule has 5 nitrogen and oxygen atoms in total. The van der Waals surface area contributed by atoms with Gasteiger partial charge in [0.25, 0.3) is 0 Å². The minimum atomic E-state index is 0.420. The maximum atomic E-state index is 4.90. The average Bonchev–Trinajstić information content (AvgIpc) is 2.30. The Balaban J connectivity index is 2.07. The van der Waals surface area contributed by atoms with Crippen LogP contribution in [0.2, 0.25) is 0 Å². The van der Waals surface area contributed by atoms with E-state index in [0.29, 0.717) is 6.01 Å². The van der Waals surface area contributed by atoms with E-state index in [-0.39, 0.29) is 0 Å². The van der Waals surface area contributed by atoms with Gasteiger partial charge in [-0.05, 0) is 0 Å². The summed E-state index contributed by atoms with van der Waals surface area (Å²) in [5.41, 5.74) is 1.06. The van der Waals surface area contributed by atoms with E-state index in [0.717, 1.165) is 31.9 Å². The molecule has 76 valence electrons. The molecule has 0 bridgehead atoms. The summed E-state index contributed by atoms with van der Waals surface area (Å²) in [6.07, 6.45) is 3.61. The number of piperazine rings is 1. The Kier molecular flexibility index (Phi) is 2.78. The monoisotopic (exact) mass is 194 g/mol. The van der Waals surface area contributed by atoms with Crippen LogP contribution in [0.15, 0.2) is 12.4 Å². The molecule has 1 aromatic rings. The highest BCUT2D eigenvalue weighted by Crippen LogP contribution is 2.13. The molecule has 0 saturated carbocycles. The zero-order chi connectivity index (χ0) is 9.80. The second-order valence-electron chi connectivity index (χ2n) is 3.17. The van der Waals surface area contributed by atoms with Gasteiger partial charge in [0.05, 0.1) is 25.2 Å². The molecule has 1 fully saturated rings. The topological polar surface area (TPSA) is 50.3 Å². The first-order chi connectivity index (χ1) is 6.90. The molecule has 0 amide bonds. The molecule has 14 heavy (non-hydrogen) atoms. The third kappa shape index (κ3) is 1.93. The first-order valence-electron chi connectivity index (χ1n) is 4.72. The highest BCUT2D eigenvalue weighted by atomic mass is 16.5. The molecule has 2 heterocycles. The number of anilines is 1. The normalized spacial score (nSPS) is 16.8. The fourth-order valence-corrected chi connectivity index (χ4v) is 1.50. The van der Waals surface area contributed by atoms with Crippen molar-refractivity contribution in [2.45, 2.75) is 0 Å². The van der Waals surface area contributed by atoms with Crippen molar-refractivity contribution in [2.24, 2.45) is 0 Å². The molecule has 0 radical (unpaired) electrons. The van der Waals surface area contributed by atoms with E-state index in [4.69, 9.17) is 4.74 Å². The van der Waals surface area contributed by atoms with Crippen molar-refractivity contribution in [1.82, 2.24) is 15.3 Å². The van der Waals surface area contributed by atoms with Crippen LogP contribution >= 0.6 is 0 Å². The fraction of sp³-hybridized carbons (Fsp3) is 0.556. The maximum absolute atomic E-state index is 4.90. The number of rotatable bonds is 2. The van der Waals surface area contributed by atoms with Crippen LogP contribution in [0.1, 0.15) is 0 Å². The summed E-state index contributed by atoms with van der Waals surface area (Å²) in [6, 6.07) is 0.420. The number of hydrogen-bond donors (Lipinski definition) is 1. The van der Waals surface area contributed by atoms with Crippen molar-refractivity contribution in [3.8, 4) is 6.01 Å². The number of methoxy groups -OCH3 is 1. The van der Waals surface area contributed by atoms with Gasteiger partial charge < -0.3 is 15.0 Å². The molecule has 1 saturated heterocycles. The molecule has 0 aromatic carbocycles. The zero-order valence-electron chi connectivity index (χ0n) is 8.23. The molecule has 1 aliphatic rings. The molecule has 5 heteroatoms. The first kappa shape index (κ1) is 9.21. The third-order valence-corrected chi connectivity index (χ3v) is 2.28. The molecule has 0 unspecified atom stereocenters. The lowest BCUT2D eigenvalue weighted by atomic mass is 10.3. The number of ether oxygens (including phenoxy) is 1. The van der Waals surface area contributed by atoms with Crippen molar-refractivity contribution in [3.05, 3.63) is 12.4 Å². The minimum Gasteiger partial charge on any atom is -0.467 e. The van der Waals surface area contributed by atoms with Crippen LogP contribution < -0.4 is 15.0 Å². The Morgan fingerprint density at radius 2 is 1.93 bits per heavy atom. The van der Waals surface area contributed by atoms with Gasteiger partial charge in [-0.3, -0.25) is 0 Å². The van der Waals surface area contributed by atoms with Crippen LogP contribution in [0.5, 0.6) is 6.01 Å². The van der Waals surface area contributed by atoms with Crippen molar-refractivity contribution < 1.29 is 4.74 Å². The molecular formula is C9H14N4O. The van der Waals surface area contributed by atoms with E-state index in [1.165, 1.54) is 0 Å². The first-order valence-corrected chi connectivity index (χ1v) is 4.72. The van der Waals surface area contributed by atoms with Gasteiger partial charge in [0.2, 0.25) is 0 Å². The van der Waals surface area contributed by atoms with E-state index < -0.39 is 0 Å². The molecule has 0 aliphatic carbocycles. The van der Waals surface area contributed by atoms with E-state index in [9.17, 15) is 0 Å². The zero-order valence-corrected chi connectivity index (χ0v) is 8.23. The Hall–Kier alpha value is -1.36. The molecule has 0 spiro atoms. The highest BCUT2D eigenvalue weighted by molar-refractivity contribution is 5.42. The van der Waals surface area contributed by atoms with E-state index in [1.54, 1.807) is 19.5 Å². The lowest BCUT2D eigenvalue weighted by Crippen LogP contribution is -2.43. The fourth-order valence-electron chi connectivity index (χ4n) is 1.50.